The first-order valence-electron chi connectivity index (χ1n) is 4.89. The van der Waals surface area contributed by atoms with Crippen molar-refractivity contribution in [2.45, 2.75) is 32.0 Å². The number of nitrogens with one attached hydrogen (secondary N) is 1. The highest BCUT2D eigenvalue weighted by molar-refractivity contribution is 5.72. The first-order valence-corrected chi connectivity index (χ1v) is 4.89. The van der Waals surface area contributed by atoms with E-state index in [0.717, 1.165) is 6.92 Å². The minimum atomic E-state index is -4.47. The number of halogens is 3. The van der Waals surface area contributed by atoms with Gasteiger partial charge in [0.15, 0.2) is 6.10 Å². The van der Waals surface area contributed by atoms with Gasteiger partial charge in [0.25, 0.3) is 0 Å². The number of piperidine rings is 1. The van der Waals surface area contributed by atoms with Crippen molar-refractivity contribution in [2.24, 2.45) is 5.92 Å². The van der Waals surface area contributed by atoms with Gasteiger partial charge in [-0.05, 0) is 32.9 Å². The van der Waals surface area contributed by atoms with Crippen molar-refractivity contribution < 1.29 is 22.7 Å². The van der Waals surface area contributed by atoms with Crippen molar-refractivity contribution in [1.29, 1.82) is 0 Å². The van der Waals surface area contributed by atoms with E-state index in [1.54, 1.807) is 0 Å². The zero-order valence-electron chi connectivity index (χ0n) is 8.43. The summed E-state index contributed by atoms with van der Waals surface area (Å²) in [6.07, 6.45) is -5.39. The number of hydrogen-bond donors (Lipinski definition) is 1. The van der Waals surface area contributed by atoms with Gasteiger partial charge in [-0.2, -0.15) is 13.2 Å². The van der Waals surface area contributed by atoms with Crippen LogP contribution in [0, 0.1) is 5.92 Å². The minimum absolute atomic E-state index is 0.393. The number of ether oxygens (including phenoxy) is 1. The van der Waals surface area contributed by atoms with Gasteiger partial charge in [0.05, 0.1) is 5.92 Å². The Hall–Kier alpha value is -0.780. The number of esters is 1. The first kappa shape index (κ1) is 12.3. The van der Waals surface area contributed by atoms with E-state index in [1.165, 1.54) is 0 Å². The molecule has 1 aliphatic rings. The molecule has 3 nitrogen and oxygen atoms in total. The van der Waals surface area contributed by atoms with Gasteiger partial charge in [-0.1, -0.05) is 0 Å². The molecule has 0 saturated carbocycles. The molecule has 6 heteroatoms. The molecule has 88 valence electrons. The highest BCUT2D eigenvalue weighted by Gasteiger charge is 2.40. The smallest absolute Gasteiger partial charge is 0.425 e. The van der Waals surface area contributed by atoms with Crippen LogP contribution in [-0.2, 0) is 9.53 Å². The number of hydrogen-bond acceptors (Lipinski definition) is 3. The van der Waals surface area contributed by atoms with E-state index in [4.69, 9.17) is 0 Å². The lowest BCUT2D eigenvalue weighted by Gasteiger charge is -2.23. The molecule has 0 bridgehead atoms. The Bertz CT molecular complexity index is 224. The zero-order valence-corrected chi connectivity index (χ0v) is 8.43. The summed E-state index contributed by atoms with van der Waals surface area (Å²) < 4.78 is 40.6. The van der Waals surface area contributed by atoms with Gasteiger partial charge in [-0.15, -0.1) is 0 Å². The van der Waals surface area contributed by atoms with Gasteiger partial charge in [-0.3, -0.25) is 4.79 Å². The maximum atomic E-state index is 12.1. The summed E-state index contributed by atoms with van der Waals surface area (Å²) in [6, 6.07) is 0. The fourth-order valence-corrected chi connectivity index (χ4v) is 1.39. The van der Waals surface area contributed by atoms with Crippen LogP contribution in [0.1, 0.15) is 19.8 Å². The highest BCUT2D eigenvalue weighted by Crippen LogP contribution is 2.24. The third kappa shape index (κ3) is 3.70. The summed E-state index contributed by atoms with van der Waals surface area (Å²) in [4.78, 5) is 11.3. The van der Waals surface area contributed by atoms with E-state index in [-0.39, 0.29) is 0 Å². The van der Waals surface area contributed by atoms with E-state index in [0.29, 0.717) is 25.9 Å². The van der Waals surface area contributed by atoms with Gasteiger partial charge >= 0.3 is 12.1 Å². The zero-order chi connectivity index (χ0) is 11.5. The van der Waals surface area contributed by atoms with Crippen molar-refractivity contribution >= 4 is 5.97 Å². The maximum absolute atomic E-state index is 12.1. The van der Waals surface area contributed by atoms with E-state index >= 15 is 0 Å². The molecule has 1 N–H and O–H groups in total. The summed E-state index contributed by atoms with van der Waals surface area (Å²) >= 11 is 0. The normalized spacial score (nSPS) is 21.1. The van der Waals surface area contributed by atoms with Crippen molar-refractivity contribution in [3.05, 3.63) is 0 Å². The molecule has 1 aliphatic heterocycles. The molecule has 0 amide bonds. The average molecular weight is 225 g/mol. The minimum Gasteiger partial charge on any atom is -0.453 e. The molecular formula is C9H14F3NO2. The van der Waals surface area contributed by atoms with Crippen LogP contribution in [0.5, 0.6) is 0 Å². The molecule has 1 rings (SSSR count). The Morgan fingerprint density at radius 2 is 1.93 bits per heavy atom. The van der Waals surface area contributed by atoms with Crippen LogP contribution in [-0.4, -0.2) is 31.3 Å². The molecule has 15 heavy (non-hydrogen) atoms. The summed E-state index contributed by atoms with van der Waals surface area (Å²) in [7, 11) is 0. The number of carbonyl (C=O) groups is 1. The van der Waals surface area contributed by atoms with Gasteiger partial charge < -0.3 is 10.1 Å². The van der Waals surface area contributed by atoms with E-state index in [2.05, 4.69) is 10.1 Å². The molecule has 0 spiro atoms. The summed E-state index contributed by atoms with van der Waals surface area (Å²) in [5, 5.41) is 3.02. The first-order chi connectivity index (χ1) is 6.91. The van der Waals surface area contributed by atoms with E-state index < -0.39 is 24.2 Å². The Morgan fingerprint density at radius 1 is 1.40 bits per heavy atom. The molecule has 1 atom stereocenters. The van der Waals surface area contributed by atoms with Gasteiger partial charge in [0, 0.05) is 0 Å². The quantitative estimate of drug-likeness (QED) is 0.723. The van der Waals surface area contributed by atoms with Gasteiger partial charge in [-0.25, -0.2) is 0 Å². The standard InChI is InChI=1S/C9H14F3NO2/c1-6(9(10,11)12)15-8(14)7-2-4-13-5-3-7/h6-7,13H,2-5H2,1H3. The van der Waals surface area contributed by atoms with E-state index in [1.807, 2.05) is 0 Å². The van der Waals surface area contributed by atoms with Crippen molar-refractivity contribution in [3.63, 3.8) is 0 Å². The Kier molecular flexibility index (Phi) is 3.96. The molecule has 1 heterocycles. The second-order valence-electron chi connectivity index (χ2n) is 3.65. The SMILES string of the molecule is CC(OC(=O)C1CCNCC1)C(F)(F)F. The third-order valence-corrected chi connectivity index (χ3v) is 2.43. The molecule has 0 radical (unpaired) electrons. The lowest BCUT2D eigenvalue weighted by atomic mass is 9.98. The lowest BCUT2D eigenvalue weighted by molar-refractivity contribution is -0.218. The summed E-state index contributed by atoms with van der Waals surface area (Å²) in [5.74, 6) is -1.13. The second-order valence-corrected chi connectivity index (χ2v) is 3.65. The molecule has 0 aliphatic carbocycles. The fraction of sp³-hybridized carbons (Fsp3) is 0.889. The molecule has 1 saturated heterocycles. The van der Waals surface area contributed by atoms with Gasteiger partial charge in [0.1, 0.15) is 0 Å². The maximum Gasteiger partial charge on any atom is 0.425 e. The van der Waals surface area contributed by atoms with Crippen molar-refractivity contribution in [3.8, 4) is 0 Å². The summed E-state index contributed by atoms with van der Waals surface area (Å²) in [5.41, 5.74) is 0. The van der Waals surface area contributed by atoms with Crippen LogP contribution in [0.2, 0.25) is 0 Å². The third-order valence-electron chi connectivity index (χ3n) is 2.43. The predicted molar refractivity (Wildman–Crippen MR) is 47.2 cm³/mol. The number of carbonyl (C=O) groups excluding carboxylic acids is 1. The van der Waals surface area contributed by atoms with Crippen LogP contribution < -0.4 is 5.32 Å². The largest absolute Gasteiger partial charge is 0.453 e. The van der Waals surface area contributed by atoms with Gasteiger partial charge in [0.2, 0.25) is 0 Å². The van der Waals surface area contributed by atoms with Crippen molar-refractivity contribution in [2.75, 3.05) is 13.1 Å². The molecule has 1 fully saturated rings. The predicted octanol–water partition coefficient (Wildman–Crippen LogP) is 1.48. The topological polar surface area (TPSA) is 38.3 Å². The molecular weight excluding hydrogens is 211 g/mol. The average Bonchev–Trinajstić information content (AvgIpc) is 2.17. The Morgan fingerprint density at radius 3 is 2.40 bits per heavy atom. The number of rotatable bonds is 2. The van der Waals surface area contributed by atoms with Crippen LogP contribution in [0.25, 0.3) is 0 Å². The lowest BCUT2D eigenvalue weighted by Crippen LogP contribution is -2.37. The monoisotopic (exact) mass is 225 g/mol. The van der Waals surface area contributed by atoms with Crippen LogP contribution in [0.15, 0.2) is 0 Å². The second kappa shape index (κ2) is 4.83. The molecule has 1 unspecified atom stereocenters. The fourth-order valence-electron chi connectivity index (χ4n) is 1.39. The van der Waals surface area contributed by atoms with E-state index in [9.17, 15) is 18.0 Å². The summed E-state index contributed by atoms with van der Waals surface area (Å²) in [6.45, 7) is 2.15. The highest BCUT2D eigenvalue weighted by atomic mass is 19.4. The van der Waals surface area contributed by atoms with Crippen LogP contribution >= 0.6 is 0 Å². The van der Waals surface area contributed by atoms with Crippen LogP contribution in [0.4, 0.5) is 13.2 Å². The molecule has 0 aromatic rings. The molecule has 0 aromatic heterocycles. The van der Waals surface area contributed by atoms with Crippen molar-refractivity contribution in [1.82, 2.24) is 5.32 Å². The Balaban J connectivity index is 2.40. The van der Waals surface area contributed by atoms with Crippen LogP contribution in [0.3, 0.4) is 0 Å². The number of alkyl halides is 3. The Labute approximate surface area is 86.0 Å². The molecule has 0 aromatic carbocycles.